The smallest absolute Gasteiger partial charge is 0.243 e. The Morgan fingerprint density at radius 3 is 2.29 bits per heavy atom. The van der Waals surface area contributed by atoms with Crippen molar-refractivity contribution in [1.29, 1.82) is 0 Å². The van der Waals surface area contributed by atoms with Gasteiger partial charge in [0.2, 0.25) is 11.8 Å². The van der Waals surface area contributed by atoms with Crippen molar-refractivity contribution in [2.75, 3.05) is 6.54 Å². The third kappa shape index (κ3) is 7.19. The van der Waals surface area contributed by atoms with Crippen molar-refractivity contribution in [3.63, 3.8) is 0 Å². The minimum atomic E-state index is -0.632. The zero-order valence-corrected chi connectivity index (χ0v) is 20.9. The summed E-state index contributed by atoms with van der Waals surface area (Å²) in [6.07, 6.45) is 1.50. The van der Waals surface area contributed by atoms with Crippen LogP contribution in [-0.2, 0) is 29.0 Å². The molecule has 1 N–H and O–H groups in total. The zero-order valence-electron chi connectivity index (χ0n) is 20.2. The first-order chi connectivity index (χ1) is 16.4. The van der Waals surface area contributed by atoms with E-state index in [2.05, 4.69) is 12.2 Å². The van der Waals surface area contributed by atoms with E-state index >= 15 is 0 Å². The Bertz CT molecular complexity index is 1110. The maximum Gasteiger partial charge on any atom is 0.243 e. The van der Waals surface area contributed by atoms with Crippen molar-refractivity contribution in [3.8, 4) is 0 Å². The highest BCUT2D eigenvalue weighted by Crippen LogP contribution is 2.19. The van der Waals surface area contributed by atoms with Crippen LogP contribution in [0, 0.1) is 13.8 Å². The van der Waals surface area contributed by atoms with E-state index in [1.165, 1.54) is 5.56 Å². The molecule has 0 aliphatic rings. The van der Waals surface area contributed by atoms with Gasteiger partial charge in [-0.3, -0.25) is 9.59 Å². The molecule has 0 bridgehead atoms. The van der Waals surface area contributed by atoms with Crippen LogP contribution in [0.15, 0.2) is 72.8 Å². The number of halogens is 1. The molecule has 0 aliphatic heterocycles. The van der Waals surface area contributed by atoms with E-state index in [0.717, 1.165) is 28.7 Å². The Labute approximate surface area is 207 Å². The minimum absolute atomic E-state index is 0.0872. The molecule has 3 aromatic rings. The molecular weight excluding hydrogens is 444 g/mol. The molecule has 0 spiro atoms. The fourth-order valence-electron chi connectivity index (χ4n) is 3.94. The van der Waals surface area contributed by atoms with Crippen LogP contribution in [0.25, 0.3) is 0 Å². The maximum absolute atomic E-state index is 13.7. The summed E-state index contributed by atoms with van der Waals surface area (Å²) >= 11 is 6.23. The van der Waals surface area contributed by atoms with Crippen molar-refractivity contribution in [1.82, 2.24) is 10.2 Å². The van der Waals surface area contributed by atoms with Gasteiger partial charge in [0.05, 0.1) is 6.42 Å². The minimum Gasteiger partial charge on any atom is -0.354 e. The van der Waals surface area contributed by atoms with E-state index in [9.17, 15) is 9.59 Å². The van der Waals surface area contributed by atoms with E-state index in [1.807, 2.05) is 86.6 Å². The molecule has 34 heavy (non-hydrogen) atoms. The lowest BCUT2D eigenvalue weighted by atomic mass is 10.00. The molecule has 0 radical (unpaired) electrons. The van der Waals surface area contributed by atoms with Crippen LogP contribution in [-0.4, -0.2) is 29.3 Å². The van der Waals surface area contributed by atoms with Crippen molar-refractivity contribution < 1.29 is 9.59 Å². The number of rotatable bonds is 10. The van der Waals surface area contributed by atoms with Crippen molar-refractivity contribution >= 4 is 23.4 Å². The van der Waals surface area contributed by atoms with E-state index < -0.39 is 6.04 Å². The molecule has 1 atom stereocenters. The van der Waals surface area contributed by atoms with Crippen LogP contribution in [0.1, 0.15) is 41.2 Å². The molecule has 0 heterocycles. The molecule has 5 heteroatoms. The second-order valence-corrected chi connectivity index (χ2v) is 9.18. The first-order valence-electron chi connectivity index (χ1n) is 11.8. The van der Waals surface area contributed by atoms with Gasteiger partial charge in [-0.05, 0) is 60.2 Å². The molecule has 0 fully saturated rings. The summed E-state index contributed by atoms with van der Waals surface area (Å²) in [5.41, 5.74) is 5.18. The highest BCUT2D eigenvalue weighted by Gasteiger charge is 2.30. The lowest BCUT2D eigenvalue weighted by molar-refractivity contribution is -0.140. The summed E-state index contributed by atoms with van der Waals surface area (Å²) < 4.78 is 0. The van der Waals surface area contributed by atoms with Gasteiger partial charge in [0.25, 0.3) is 0 Å². The number of benzene rings is 3. The van der Waals surface area contributed by atoms with E-state index in [4.69, 9.17) is 11.6 Å². The van der Waals surface area contributed by atoms with Crippen molar-refractivity contribution in [2.24, 2.45) is 0 Å². The standard InChI is InChI=1S/C29H33ClN2O2/c1-4-15-31-29(34)27(18-23-9-6-5-7-10-23)32(20-25-11-8-12-26(30)17-25)28(33)19-24-14-13-21(2)22(3)16-24/h5-14,16-17,27H,4,15,18-20H2,1-3H3,(H,31,34). The van der Waals surface area contributed by atoms with Gasteiger partial charge < -0.3 is 10.2 Å². The molecule has 0 aromatic heterocycles. The van der Waals surface area contributed by atoms with E-state index in [-0.39, 0.29) is 18.2 Å². The Hall–Kier alpha value is -3.11. The lowest BCUT2D eigenvalue weighted by Gasteiger charge is -2.32. The molecule has 3 rings (SSSR count). The summed E-state index contributed by atoms with van der Waals surface area (Å²) in [4.78, 5) is 28.8. The van der Waals surface area contributed by atoms with Gasteiger partial charge in [0, 0.05) is 24.5 Å². The first-order valence-corrected chi connectivity index (χ1v) is 12.2. The number of carbonyl (C=O) groups is 2. The summed E-state index contributed by atoms with van der Waals surface area (Å²) in [5.74, 6) is -0.225. The number of aryl methyl sites for hydroxylation is 2. The molecule has 0 saturated carbocycles. The lowest BCUT2D eigenvalue weighted by Crippen LogP contribution is -2.51. The van der Waals surface area contributed by atoms with Crippen molar-refractivity contribution in [2.45, 2.75) is 52.6 Å². The van der Waals surface area contributed by atoms with Crippen LogP contribution in [0.4, 0.5) is 0 Å². The number of hydrogen-bond donors (Lipinski definition) is 1. The van der Waals surface area contributed by atoms with Crippen LogP contribution in [0.5, 0.6) is 0 Å². The largest absolute Gasteiger partial charge is 0.354 e. The molecule has 2 amide bonds. The van der Waals surface area contributed by atoms with E-state index in [0.29, 0.717) is 24.5 Å². The quantitative estimate of drug-likeness (QED) is 0.410. The average molecular weight is 477 g/mol. The van der Waals surface area contributed by atoms with Gasteiger partial charge in [0.15, 0.2) is 0 Å². The third-order valence-electron chi connectivity index (χ3n) is 5.99. The topological polar surface area (TPSA) is 49.4 Å². The van der Waals surface area contributed by atoms with Crippen LogP contribution in [0.3, 0.4) is 0 Å². The second kappa shape index (κ2) is 12.4. The zero-order chi connectivity index (χ0) is 24.5. The summed E-state index contributed by atoms with van der Waals surface area (Å²) in [5, 5.41) is 3.61. The van der Waals surface area contributed by atoms with Gasteiger partial charge in [-0.2, -0.15) is 0 Å². The highest BCUT2D eigenvalue weighted by molar-refractivity contribution is 6.30. The molecule has 4 nitrogen and oxygen atoms in total. The van der Waals surface area contributed by atoms with Gasteiger partial charge in [-0.15, -0.1) is 0 Å². The molecule has 0 aliphatic carbocycles. The Morgan fingerprint density at radius 1 is 0.882 bits per heavy atom. The number of nitrogens with zero attached hydrogens (tertiary/aromatic N) is 1. The maximum atomic E-state index is 13.7. The summed E-state index contributed by atoms with van der Waals surface area (Å²) in [7, 11) is 0. The Kier molecular flexibility index (Phi) is 9.29. The Morgan fingerprint density at radius 2 is 1.62 bits per heavy atom. The predicted octanol–water partition coefficient (Wildman–Crippen LogP) is 5.67. The molecule has 0 saturated heterocycles. The van der Waals surface area contributed by atoms with Crippen LogP contribution < -0.4 is 5.32 Å². The molecular formula is C29H33ClN2O2. The fraction of sp³-hybridized carbons (Fsp3) is 0.310. The van der Waals surface area contributed by atoms with Crippen LogP contribution >= 0.6 is 11.6 Å². The highest BCUT2D eigenvalue weighted by atomic mass is 35.5. The second-order valence-electron chi connectivity index (χ2n) is 8.74. The van der Waals surface area contributed by atoms with Crippen molar-refractivity contribution in [3.05, 3.63) is 106 Å². The summed E-state index contributed by atoms with van der Waals surface area (Å²) in [6, 6.07) is 22.7. The van der Waals surface area contributed by atoms with Gasteiger partial charge in [-0.1, -0.05) is 79.2 Å². The van der Waals surface area contributed by atoms with Gasteiger partial charge in [0.1, 0.15) is 6.04 Å². The van der Waals surface area contributed by atoms with Crippen LogP contribution in [0.2, 0.25) is 5.02 Å². The predicted molar refractivity (Wildman–Crippen MR) is 139 cm³/mol. The number of carbonyl (C=O) groups excluding carboxylic acids is 2. The third-order valence-corrected chi connectivity index (χ3v) is 6.22. The van der Waals surface area contributed by atoms with Gasteiger partial charge in [-0.25, -0.2) is 0 Å². The SMILES string of the molecule is CCCNC(=O)C(Cc1ccccc1)N(Cc1cccc(Cl)c1)C(=O)Cc1ccc(C)c(C)c1. The number of nitrogens with one attached hydrogen (secondary N) is 1. The number of amides is 2. The first kappa shape index (κ1) is 25.5. The molecule has 178 valence electrons. The Balaban J connectivity index is 1.96. The van der Waals surface area contributed by atoms with E-state index in [1.54, 1.807) is 4.90 Å². The normalized spacial score (nSPS) is 11.6. The monoisotopic (exact) mass is 476 g/mol. The summed E-state index contributed by atoms with van der Waals surface area (Å²) in [6.45, 7) is 6.99. The fourth-order valence-corrected chi connectivity index (χ4v) is 4.15. The molecule has 1 unspecified atom stereocenters. The van der Waals surface area contributed by atoms with Gasteiger partial charge >= 0.3 is 0 Å². The average Bonchev–Trinajstić information content (AvgIpc) is 2.82. The molecule has 3 aromatic carbocycles. The number of hydrogen-bond acceptors (Lipinski definition) is 2.